The largest absolute Gasteiger partial charge is 0.480 e. The lowest BCUT2D eigenvalue weighted by atomic mass is 9.87. The highest BCUT2D eigenvalue weighted by Gasteiger charge is 2.41. The van der Waals surface area contributed by atoms with Gasteiger partial charge in [0.25, 0.3) is 0 Å². The number of nitrogens with zero attached hydrogens (tertiary/aromatic N) is 3. The van der Waals surface area contributed by atoms with Gasteiger partial charge < -0.3 is 10.1 Å². The molecule has 4 aromatic rings. The molecule has 4 heterocycles. The van der Waals surface area contributed by atoms with Gasteiger partial charge in [-0.1, -0.05) is 53.7 Å². The molecule has 0 radical (unpaired) electrons. The summed E-state index contributed by atoms with van der Waals surface area (Å²) in [6, 6.07) is 20.1. The Morgan fingerprint density at radius 3 is 2.71 bits per heavy atom. The van der Waals surface area contributed by atoms with E-state index in [4.69, 9.17) is 26.4 Å². The van der Waals surface area contributed by atoms with Gasteiger partial charge >= 0.3 is 0 Å². The lowest BCUT2D eigenvalue weighted by Crippen LogP contribution is -2.32. The SMILES string of the molecule is CSc1nc2n(n1)[C@@H](c1cccs1)C1=C(N2)c2ccccc2O[C@H]1c1ccc(Cl)cc1. The molecule has 8 heteroatoms. The number of ether oxygens (including phenoxy) is 1. The molecule has 2 aliphatic heterocycles. The first-order chi connectivity index (χ1) is 15.2. The van der Waals surface area contributed by atoms with Crippen LogP contribution in [-0.2, 0) is 0 Å². The van der Waals surface area contributed by atoms with Crippen molar-refractivity contribution in [2.45, 2.75) is 17.3 Å². The molecule has 0 bridgehead atoms. The van der Waals surface area contributed by atoms with E-state index in [1.165, 1.54) is 16.6 Å². The Hall–Kier alpha value is -2.74. The molecule has 2 aromatic heterocycles. The van der Waals surface area contributed by atoms with Crippen molar-refractivity contribution in [3.8, 4) is 5.75 Å². The molecule has 6 rings (SSSR count). The van der Waals surface area contributed by atoms with Gasteiger partial charge in [-0.15, -0.1) is 16.4 Å². The summed E-state index contributed by atoms with van der Waals surface area (Å²) in [6.45, 7) is 0. The molecule has 5 nitrogen and oxygen atoms in total. The fourth-order valence-corrected chi connectivity index (χ4v) is 5.48. The van der Waals surface area contributed by atoms with Crippen LogP contribution in [0.4, 0.5) is 5.95 Å². The third-order valence-corrected chi connectivity index (χ3v) is 7.24. The lowest BCUT2D eigenvalue weighted by molar-refractivity contribution is 0.223. The number of benzene rings is 2. The summed E-state index contributed by atoms with van der Waals surface area (Å²) in [6.07, 6.45) is 1.71. The van der Waals surface area contributed by atoms with Gasteiger partial charge in [0.15, 0.2) is 0 Å². The zero-order chi connectivity index (χ0) is 20.9. The van der Waals surface area contributed by atoms with Crippen molar-refractivity contribution in [3.63, 3.8) is 0 Å². The van der Waals surface area contributed by atoms with E-state index in [-0.39, 0.29) is 12.1 Å². The van der Waals surface area contributed by atoms with Crippen molar-refractivity contribution < 1.29 is 4.74 Å². The van der Waals surface area contributed by atoms with E-state index < -0.39 is 0 Å². The van der Waals surface area contributed by atoms with Gasteiger partial charge in [0.2, 0.25) is 11.1 Å². The standard InChI is InChI=1S/C23H17ClN4OS2/c1-30-23-26-22-25-19-15-5-2-3-6-16(15)29-21(13-8-10-14(24)11-9-13)18(19)20(28(22)27-23)17-7-4-12-31-17/h2-12,20-21H,1H3,(H,25,26,27)/t20-,21-/m0/s1. The minimum absolute atomic E-state index is 0.117. The van der Waals surface area contributed by atoms with Crippen molar-refractivity contribution in [2.75, 3.05) is 11.6 Å². The van der Waals surface area contributed by atoms with E-state index in [1.807, 2.05) is 53.4 Å². The number of rotatable bonds is 3. The Balaban J connectivity index is 1.62. The molecular formula is C23H17ClN4OS2. The summed E-state index contributed by atoms with van der Waals surface area (Å²) in [5.41, 5.74) is 4.23. The Morgan fingerprint density at radius 2 is 1.94 bits per heavy atom. The number of hydrogen-bond acceptors (Lipinski definition) is 6. The average Bonchev–Trinajstić information content (AvgIpc) is 3.47. The van der Waals surface area contributed by atoms with Crippen LogP contribution in [0.15, 0.2) is 76.8 Å². The van der Waals surface area contributed by atoms with Crippen molar-refractivity contribution in [3.05, 3.63) is 92.6 Å². The fourth-order valence-electron chi connectivity index (χ4n) is 4.18. The van der Waals surface area contributed by atoms with Gasteiger partial charge in [0.05, 0.1) is 5.70 Å². The molecule has 0 unspecified atom stereocenters. The van der Waals surface area contributed by atoms with Gasteiger partial charge in [-0.2, -0.15) is 4.98 Å². The third-order valence-electron chi connectivity index (χ3n) is 5.53. The van der Waals surface area contributed by atoms with Crippen molar-refractivity contribution >= 4 is 46.3 Å². The van der Waals surface area contributed by atoms with Crippen LogP contribution in [0.5, 0.6) is 5.75 Å². The monoisotopic (exact) mass is 464 g/mol. The molecule has 0 saturated carbocycles. The predicted molar refractivity (Wildman–Crippen MR) is 126 cm³/mol. The van der Waals surface area contributed by atoms with Crippen LogP contribution >= 0.6 is 34.7 Å². The number of halogens is 1. The van der Waals surface area contributed by atoms with E-state index in [0.29, 0.717) is 5.02 Å². The number of hydrogen-bond donors (Lipinski definition) is 1. The van der Waals surface area contributed by atoms with Gasteiger partial charge in [0, 0.05) is 21.0 Å². The van der Waals surface area contributed by atoms with E-state index in [9.17, 15) is 0 Å². The van der Waals surface area contributed by atoms with Gasteiger partial charge in [-0.05, 0) is 47.5 Å². The van der Waals surface area contributed by atoms with Crippen LogP contribution in [0, 0.1) is 0 Å². The highest BCUT2D eigenvalue weighted by molar-refractivity contribution is 7.98. The molecular weight excluding hydrogens is 448 g/mol. The Labute approximate surface area is 192 Å². The van der Waals surface area contributed by atoms with Crippen molar-refractivity contribution in [2.24, 2.45) is 0 Å². The first kappa shape index (κ1) is 19.0. The van der Waals surface area contributed by atoms with Crippen LogP contribution < -0.4 is 10.1 Å². The smallest absolute Gasteiger partial charge is 0.227 e. The number of aromatic nitrogens is 3. The number of nitrogens with one attached hydrogen (secondary N) is 1. The second-order valence-corrected chi connectivity index (χ2v) is 9.47. The van der Waals surface area contributed by atoms with Crippen LogP contribution in [0.1, 0.15) is 28.1 Å². The summed E-state index contributed by atoms with van der Waals surface area (Å²) < 4.78 is 8.58. The number of thioether (sulfide) groups is 1. The van der Waals surface area contributed by atoms with Crippen molar-refractivity contribution in [1.29, 1.82) is 0 Å². The number of thiophene rings is 1. The topological polar surface area (TPSA) is 52.0 Å². The molecule has 0 spiro atoms. The van der Waals surface area contributed by atoms with E-state index in [2.05, 4.69) is 28.9 Å². The first-order valence-electron chi connectivity index (χ1n) is 9.79. The zero-order valence-corrected chi connectivity index (χ0v) is 18.8. The second-order valence-electron chi connectivity index (χ2n) is 7.29. The van der Waals surface area contributed by atoms with E-state index >= 15 is 0 Å². The third kappa shape index (κ3) is 3.07. The highest BCUT2D eigenvalue weighted by Crippen LogP contribution is 2.51. The minimum atomic E-state index is -0.281. The molecule has 31 heavy (non-hydrogen) atoms. The molecule has 154 valence electrons. The Bertz CT molecular complexity index is 1300. The molecule has 0 fully saturated rings. The van der Waals surface area contributed by atoms with Crippen molar-refractivity contribution in [1.82, 2.24) is 14.8 Å². The summed E-state index contributed by atoms with van der Waals surface area (Å²) in [5.74, 6) is 1.59. The van der Waals surface area contributed by atoms with Crippen LogP contribution in [0.3, 0.4) is 0 Å². The van der Waals surface area contributed by atoms with Crippen LogP contribution in [0.25, 0.3) is 5.70 Å². The maximum Gasteiger partial charge on any atom is 0.227 e. The maximum atomic E-state index is 6.60. The first-order valence-corrected chi connectivity index (χ1v) is 12.3. The summed E-state index contributed by atoms with van der Waals surface area (Å²) >= 11 is 9.42. The van der Waals surface area contributed by atoms with E-state index in [1.54, 1.807) is 11.3 Å². The zero-order valence-electron chi connectivity index (χ0n) is 16.4. The van der Waals surface area contributed by atoms with Crippen LogP contribution in [0.2, 0.25) is 5.02 Å². The molecule has 0 aliphatic carbocycles. The Kier molecular flexibility index (Phi) is 4.56. The minimum Gasteiger partial charge on any atom is -0.480 e. The molecule has 2 atom stereocenters. The fraction of sp³-hybridized carbons (Fsp3) is 0.130. The quantitative estimate of drug-likeness (QED) is 0.362. The molecule has 2 aromatic carbocycles. The second kappa shape index (κ2) is 7.44. The molecule has 0 saturated heterocycles. The predicted octanol–water partition coefficient (Wildman–Crippen LogP) is 6.27. The normalized spacial score (nSPS) is 19.2. The maximum absolute atomic E-state index is 6.60. The summed E-state index contributed by atoms with van der Waals surface area (Å²) in [4.78, 5) is 5.91. The molecule has 1 N–H and O–H groups in total. The van der Waals surface area contributed by atoms with Gasteiger partial charge in [0.1, 0.15) is 17.9 Å². The number of anilines is 1. The average molecular weight is 465 g/mol. The number of para-hydroxylation sites is 1. The molecule has 0 amide bonds. The number of fused-ring (bicyclic) bond motifs is 3. The Morgan fingerprint density at radius 1 is 1.10 bits per heavy atom. The highest BCUT2D eigenvalue weighted by atomic mass is 35.5. The van der Waals surface area contributed by atoms with E-state index in [0.717, 1.165) is 39.3 Å². The molecule has 2 aliphatic rings. The lowest BCUT2D eigenvalue weighted by Gasteiger charge is -2.38. The van der Waals surface area contributed by atoms with Crippen LogP contribution in [-0.4, -0.2) is 21.0 Å². The van der Waals surface area contributed by atoms with Gasteiger partial charge in [-0.25, -0.2) is 4.68 Å². The summed E-state index contributed by atoms with van der Waals surface area (Å²) in [5, 5.41) is 11.9. The summed E-state index contributed by atoms with van der Waals surface area (Å²) in [7, 11) is 0. The van der Waals surface area contributed by atoms with Gasteiger partial charge in [-0.3, -0.25) is 0 Å².